The molecule has 1 aliphatic heterocycles. The van der Waals surface area contributed by atoms with E-state index in [0.29, 0.717) is 6.54 Å². The summed E-state index contributed by atoms with van der Waals surface area (Å²) in [4.78, 5) is 11.6. The molecule has 4 atom stereocenters. The topological polar surface area (TPSA) is 78.8 Å². The minimum Gasteiger partial charge on any atom is -0.388 e. The predicted molar refractivity (Wildman–Crippen MR) is 63.7 cm³/mol. The Hall–Kier alpha value is -0.490. The average molecular weight is 245 g/mol. The summed E-state index contributed by atoms with van der Waals surface area (Å²) in [7, 11) is 0. The van der Waals surface area contributed by atoms with Gasteiger partial charge in [0.15, 0.2) is 0 Å². The quantitative estimate of drug-likeness (QED) is 0.599. The van der Waals surface area contributed by atoms with Gasteiger partial charge in [0.1, 0.15) is 18.0 Å². The molecule has 0 aromatic carbocycles. The Morgan fingerprint density at radius 3 is 2.41 bits per heavy atom. The van der Waals surface area contributed by atoms with Gasteiger partial charge in [0, 0.05) is 18.9 Å². The van der Waals surface area contributed by atoms with Gasteiger partial charge in [-0.3, -0.25) is 4.79 Å². The fourth-order valence-electron chi connectivity index (χ4n) is 1.88. The molecule has 2 unspecified atom stereocenters. The largest absolute Gasteiger partial charge is 0.388 e. The van der Waals surface area contributed by atoms with E-state index in [2.05, 4.69) is 5.32 Å². The molecule has 3 N–H and O–H groups in total. The lowest BCUT2D eigenvalue weighted by Crippen LogP contribution is -2.38. The van der Waals surface area contributed by atoms with Gasteiger partial charge in [0.05, 0.1) is 12.2 Å². The van der Waals surface area contributed by atoms with Gasteiger partial charge in [-0.1, -0.05) is 20.8 Å². The number of nitrogens with one attached hydrogen (secondary N) is 1. The Morgan fingerprint density at radius 1 is 1.29 bits per heavy atom. The van der Waals surface area contributed by atoms with E-state index in [9.17, 15) is 15.0 Å². The number of aliphatic hydroxyl groups is 2. The molecule has 1 aliphatic rings. The van der Waals surface area contributed by atoms with Crippen molar-refractivity contribution < 1.29 is 19.7 Å². The van der Waals surface area contributed by atoms with E-state index in [1.54, 1.807) is 0 Å². The number of carbonyl (C=O) groups is 1. The van der Waals surface area contributed by atoms with Gasteiger partial charge in [0.2, 0.25) is 0 Å². The van der Waals surface area contributed by atoms with Crippen LogP contribution in [0.5, 0.6) is 0 Å². The molecule has 5 nitrogen and oxygen atoms in total. The summed E-state index contributed by atoms with van der Waals surface area (Å²) in [5.74, 6) is -0.0267. The van der Waals surface area contributed by atoms with Crippen molar-refractivity contribution in [3.05, 3.63) is 0 Å². The van der Waals surface area contributed by atoms with Crippen LogP contribution in [0.3, 0.4) is 0 Å². The number of hydrogen-bond acceptors (Lipinski definition) is 5. The minimum absolute atomic E-state index is 0.0466. The molecule has 0 radical (unpaired) electrons. The second kappa shape index (κ2) is 6.44. The van der Waals surface area contributed by atoms with Crippen LogP contribution < -0.4 is 5.32 Å². The molecule has 0 amide bonds. The molecule has 1 heterocycles. The molecule has 1 rings (SSSR count). The van der Waals surface area contributed by atoms with Crippen LogP contribution in [0.1, 0.15) is 27.2 Å². The zero-order valence-electron chi connectivity index (χ0n) is 10.7. The molecule has 0 spiro atoms. The lowest BCUT2D eigenvalue weighted by Gasteiger charge is -2.14. The Bertz CT molecular complexity index is 257. The number of rotatable bonds is 6. The number of ether oxygens (including phenoxy) is 1. The van der Waals surface area contributed by atoms with Gasteiger partial charge in [-0.25, -0.2) is 0 Å². The molecule has 17 heavy (non-hydrogen) atoms. The van der Waals surface area contributed by atoms with E-state index in [1.807, 2.05) is 20.8 Å². The lowest BCUT2D eigenvalue weighted by molar-refractivity contribution is -0.125. The van der Waals surface area contributed by atoms with Crippen molar-refractivity contribution in [3.63, 3.8) is 0 Å². The van der Waals surface area contributed by atoms with Gasteiger partial charge in [-0.15, -0.1) is 0 Å². The molecule has 1 saturated heterocycles. The molecule has 1 fully saturated rings. The third-order valence-corrected chi connectivity index (χ3v) is 3.10. The number of ketones is 1. The zero-order valence-corrected chi connectivity index (χ0v) is 10.7. The first-order valence-corrected chi connectivity index (χ1v) is 6.22. The highest BCUT2D eigenvalue weighted by Gasteiger charge is 2.42. The van der Waals surface area contributed by atoms with Crippen molar-refractivity contribution >= 4 is 5.78 Å². The molecule has 0 aliphatic carbocycles. The number of Topliss-reactive ketones (excluding diaryl/α,β-unsaturated/α-hetero) is 1. The van der Waals surface area contributed by atoms with E-state index in [4.69, 9.17) is 4.74 Å². The Labute approximate surface area is 102 Å². The summed E-state index contributed by atoms with van der Waals surface area (Å²) >= 11 is 0. The molecule has 0 aromatic rings. The molecular formula is C12H23NO4. The van der Waals surface area contributed by atoms with Crippen LogP contribution in [0.2, 0.25) is 0 Å². The summed E-state index contributed by atoms with van der Waals surface area (Å²) in [6, 6.07) is 0. The number of likely N-dealkylation sites (N-methyl/N-ethyl adjacent to an activating group) is 1. The van der Waals surface area contributed by atoms with Crippen LogP contribution in [-0.4, -0.2) is 53.5 Å². The molecule has 5 heteroatoms. The fourth-order valence-corrected chi connectivity index (χ4v) is 1.88. The second-order valence-electron chi connectivity index (χ2n) is 4.83. The average Bonchev–Trinajstić information content (AvgIpc) is 2.54. The summed E-state index contributed by atoms with van der Waals surface area (Å²) < 4.78 is 5.53. The van der Waals surface area contributed by atoms with Crippen LogP contribution in [0.15, 0.2) is 0 Å². The van der Waals surface area contributed by atoms with E-state index in [-0.39, 0.29) is 18.1 Å². The minimum atomic E-state index is -0.971. The highest BCUT2D eigenvalue weighted by molar-refractivity contribution is 5.80. The van der Waals surface area contributed by atoms with Crippen LogP contribution in [0, 0.1) is 5.92 Å². The SMILES string of the molecule is CCNC[C@H]1O[C@@H](CC(=O)C(C)C)C(O)C1O. The summed E-state index contributed by atoms with van der Waals surface area (Å²) in [5, 5.41) is 22.6. The summed E-state index contributed by atoms with van der Waals surface area (Å²) in [6.45, 7) is 6.85. The summed E-state index contributed by atoms with van der Waals surface area (Å²) in [6.07, 6.45) is -2.74. The van der Waals surface area contributed by atoms with Crippen LogP contribution >= 0.6 is 0 Å². The van der Waals surface area contributed by atoms with Crippen LogP contribution in [0.25, 0.3) is 0 Å². The van der Waals surface area contributed by atoms with Crippen LogP contribution in [-0.2, 0) is 9.53 Å². The molecule has 0 saturated carbocycles. The van der Waals surface area contributed by atoms with Crippen molar-refractivity contribution in [1.82, 2.24) is 5.32 Å². The third-order valence-electron chi connectivity index (χ3n) is 3.10. The smallest absolute Gasteiger partial charge is 0.138 e. The molecule has 0 bridgehead atoms. The van der Waals surface area contributed by atoms with E-state index < -0.39 is 24.4 Å². The van der Waals surface area contributed by atoms with Gasteiger partial charge < -0.3 is 20.3 Å². The number of hydrogen-bond donors (Lipinski definition) is 3. The van der Waals surface area contributed by atoms with Gasteiger partial charge in [-0.2, -0.15) is 0 Å². The Morgan fingerprint density at radius 2 is 1.88 bits per heavy atom. The maximum atomic E-state index is 11.6. The zero-order chi connectivity index (χ0) is 13.0. The van der Waals surface area contributed by atoms with E-state index in [0.717, 1.165) is 6.54 Å². The highest BCUT2D eigenvalue weighted by atomic mass is 16.5. The molecule has 100 valence electrons. The predicted octanol–water partition coefficient (Wildman–Crippen LogP) is -0.300. The van der Waals surface area contributed by atoms with Crippen molar-refractivity contribution in [3.8, 4) is 0 Å². The van der Waals surface area contributed by atoms with Crippen molar-refractivity contribution in [1.29, 1.82) is 0 Å². The van der Waals surface area contributed by atoms with Gasteiger partial charge >= 0.3 is 0 Å². The Balaban J connectivity index is 2.50. The van der Waals surface area contributed by atoms with Gasteiger partial charge in [-0.05, 0) is 6.54 Å². The van der Waals surface area contributed by atoms with Crippen molar-refractivity contribution in [2.24, 2.45) is 5.92 Å². The molecule has 0 aromatic heterocycles. The first kappa shape index (κ1) is 14.6. The Kier molecular flexibility index (Phi) is 5.52. The first-order chi connectivity index (χ1) is 7.97. The van der Waals surface area contributed by atoms with Crippen molar-refractivity contribution in [2.75, 3.05) is 13.1 Å². The fraction of sp³-hybridized carbons (Fsp3) is 0.917. The number of carbonyl (C=O) groups excluding carboxylic acids is 1. The maximum absolute atomic E-state index is 11.6. The van der Waals surface area contributed by atoms with Crippen molar-refractivity contribution in [2.45, 2.75) is 51.6 Å². The second-order valence-corrected chi connectivity index (χ2v) is 4.83. The normalized spacial score (nSPS) is 33.3. The van der Waals surface area contributed by atoms with Crippen LogP contribution in [0.4, 0.5) is 0 Å². The monoisotopic (exact) mass is 245 g/mol. The standard InChI is InChI=1S/C12H23NO4/c1-4-13-6-10-12(16)11(15)9(17-10)5-8(14)7(2)3/h7,9-13,15-16H,4-6H2,1-3H3/t9-,10+,11?,12?/m0/s1. The molecular weight excluding hydrogens is 222 g/mol. The highest BCUT2D eigenvalue weighted by Crippen LogP contribution is 2.24. The van der Waals surface area contributed by atoms with E-state index in [1.165, 1.54) is 0 Å². The van der Waals surface area contributed by atoms with Gasteiger partial charge in [0.25, 0.3) is 0 Å². The first-order valence-electron chi connectivity index (χ1n) is 6.22. The third kappa shape index (κ3) is 3.74. The van der Waals surface area contributed by atoms with E-state index >= 15 is 0 Å². The summed E-state index contributed by atoms with van der Waals surface area (Å²) in [5.41, 5.74) is 0. The maximum Gasteiger partial charge on any atom is 0.138 e. The number of aliphatic hydroxyl groups excluding tert-OH is 2. The lowest BCUT2D eigenvalue weighted by atomic mass is 9.99.